The van der Waals surface area contributed by atoms with Crippen molar-refractivity contribution in [1.82, 2.24) is 4.90 Å². The maximum atomic E-state index is 13.3. The SMILES string of the molecule is COc1c(Cl)cc(/C(O)=C2/C(=O)C(=O)N(Cc3ccc(F)cc3)C2c2ccco2)cc1Cl. The van der Waals surface area contributed by atoms with E-state index in [1.807, 2.05) is 0 Å². The number of Topliss-reactive ketones (excluding diaryl/α,β-unsaturated/α-hetero) is 1. The third-order valence-electron chi connectivity index (χ3n) is 5.09. The van der Waals surface area contributed by atoms with Crippen LogP contribution in [0.3, 0.4) is 0 Å². The van der Waals surface area contributed by atoms with E-state index < -0.39 is 29.3 Å². The molecule has 1 aliphatic heterocycles. The van der Waals surface area contributed by atoms with Crippen LogP contribution in [0.2, 0.25) is 10.0 Å². The normalized spacial score (nSPS) is 17.8. The summed E-state index contributed by atoms with van der Waals surface area (Å²) in [5.74, 6) is -2.12. The number of nitrogens with zero attached hydrogens (tertiary/aromatic N) is 1. The average Bonchev–Trinajstić information content (AvgIpc) is 3.37. The number of aliphatic hydroxyl groups excluding tert-OH is 1. The predicted octanol–water partition coefficient (Wildman–Crippen LogP) is 5.36. The summed E-state index contributed by atoms with van der Waals surface area (Å²) in [6, 6.07) is 10.5. The minimum Gasteiger partial charge on any atom is -0.507 e. The lowest BCUT2D eigenvalue weighted by molar-refractivity contribution is -0.140. The topological polar surface area (TPSA) is 80.0 Å². The molecule has 0 bridgehead atoms. The second-order valence-electron chi connectivity index (χ2n) is 7.04. The minimum absolute atomic E-state index is 0.00285. The number of ketones is 1. The van der Waals surface area contributed by atoms with Gasteiger partial charge in [-0.1, -0.05) is 35.3 Å². The van der Waals surface area contributed by atoms with Crippen molar-refractivity contribution in [3.63, 3.8) is 0 Å². The quantitative estimate of drug-likeness (QED) is 0.305. The van der Waals surface area contributed by atoms with Crippen molar-refractivity contribution >= 4 is 40.7 Å². The van der Waals surface area contributed by atoms with Crippen molar-refractivity contribution in [3.8, 4) is 5.75 Å². The van der Waals surface area contributed by atoms with E-state index in [-0.39, 0.29) is 39.2 Å². The van der Waals surface area contributed by atoms with Gasteiger partial charge < -0.3 is 19.2 Å². The van der Waals surface area contributed by atoms with Crippen LogP contribution in [0.1, 0.15) is 22.9 Å². The van der Waals surface area contributed by atoms with Gasteiger partial charge in [0, 0.05) is 12.1 Å². The highest BCUT2D eigenvalue weighted by Gasteiger charge is 2.47. The van der Waals surface area contributed by atoms with Crippen molar-refractivity contribution in [1.29, 1.82) is 0 Å². The predicted molar refractivity (Wildman–Crippen MR) is 116 cm³/mol. The Labute approximate surface area is 192 Å². The molecule has 4 rings (SSSR count). The van der Waals surface area contributed by atoms with Crippen molar-refractivity contribution < 1.29 is 28.2 Å². The first kappa shape index (κ1) is 21.9. The lowest BCUT2D eigenvalue weighted by atomic mass is 9.99. The molecule has 1 aliphatic rings. The van der Waals surface area contributed by atoms with Gasteiger partial charge in [0.1, 0.15) is 23.4 Å². The third-order valence-corrected chi connectivity index (χ3v) is 5.66. The molecule has 1 amide bonds. The molecule has 1 saturated heterocycles. The zero-order valence-electron chi connectivity index (χ0n) is 16.6. The second kappa shape index (κ2) is 8.68. The maximum Gasteiger partial charge on any atom is 0.296 e. The fourth-order valence-corrected chi connectivity index (χ4v) is 4.26. The number of rotatable bonds is 5. The molecule has 0 saturated carbocycles. The van der Waals surface area contributed by atoms with Gasteiger partial charge in [-0.3, -0.25) is 9.59 Å². The Hall–Kier alpha value is -3.29. The number of hydrogen-bond donors (Lipinski definition) is 1. The van der Waals surface area contributed by atoms with Crippen LogP contribution in [0, 0.1) is 5.82 Å². The van der Waals surface area contributed by atoms with Gasteiger partial charge in [-0.2, -0.15) is 0 Å². The van der Waals surface area contributed by atoms with E-state index >= 15 is 0 Å². The summed E-state index contributed by atoms with van der Waals surface area (Å²) in [6.07, 6.45) is 1.40. The monoisotopic (exact) mass is 475 g/mol. The first-order chi connectivity index (χ1) is 15.3. The molecule has 1 unspecified atom stereocenters. The average molecular weight is 476 g/mol. The molecule has 1 aromatic heterocycles. The Morgan fingerprint density at radius 1 is 1.16 bits per heavy atom. The lowest BCUT2D eigenvalue weighted by Gasteiger charge is -2.23. The molecule has 2 aromatic carbocycles. The molecule has 32 heavy (non-hydrogen) atoms. The Bertz CT molecular complexity index is 1200. The number of methoxy groups -OCH3 is 1. The Balaban J connectivity index is 1.84. The molecule has 9 heteroatoms. The highest BCUT2D eigenvalue weighted by molar-refractivity contribution is 6.46. The summed E-state index contributed by atoms with van der Waals surface area (Å²) >= 11 is 12.4. The van der Waals surface area contributed by atoms with Crippen molar-refractivity contribution in [2.24, 2.45) is 0 Å². The van der Waals surface area contributed by atoms with Gasteiger partial charge in [0.25, 0.3) is 11.7 Å². The smallest absolute Gasteiger partial charge is 0.296 e. The number of likely N-dealkylation sites (tertiary alicyclic amines) is 1. The van der Waals surface area contributed by atoms with Crippen LogP contribution in [0.25, 0.3) is 5.76 Å². The van der Waals surface area contributed by atoms with E-state index in [0.717, 1.165) is 0 Å². The van der Waals surface area contributed by atoms with Crippen LogP contribution in [-0.4, -0.2) is 28.8 Å². The van der Waals surface area contributed by atoms with Gasteiger partial charge in [0.2, 0.25) is 0 Å². The highest BCUT2D eigenvalue weighted by atomic mass is 35.5. The second-order valence-corrected chi connectivity index (χ2v) is 7.86. The maximum absolute atomic E-state index is 13.3. The number of amides is 1. The van der Waals surface area contributed by atoms with E-state index in [2.05, 4.69) is 0 Å². The molecule has 164 valence electrons. The van der Waals surface area contributed by atoms with Gasteiger partial charge in [-0.25, -0.2) is 4.39 Å². The van der Waals surface area contributed by atoms with Crippen molar-refractivity contribution in [3.05, 3.63) is 93.1 Å². The zero-order chi connectivity index (χ0) is 23.0. The van der Waals surface area contributed by atoms with Gasteiger partial charge in [0.05, 0.1) is 29.0 Å². The summed E-state index contributed by atoms with van der Waals surface area (Å²) in [7, 11) is 1.39. The molecular formula is C23H16Cl2FNO5. The fourth-order valence-electron chi connectivity index (χ4n) is 3.62. The molecule has 0 spiro atoms. The van der Waals surface area contributed by atoms with Crippen LogP contribution in [0.4, 0.5) is 4.39 Å². The van der Waals surface area contributed by atoms with Gasteiger partial charge in [0.15, 0.2) is 5.75 Å². The lowest BCUT2D eigenvalue weighted by Crippen LogP contribution is -2.29. The van der Waals surface area contributed by atoms with Crippen LogP contribution in [0.15, 0.2) is 64.8 Å². The van der Waals surface area contributed by atoms with Crippen LogP contribution >= 0.6 is 23.2 Å². The van der Waals surface area contributed by atoms with Crippen molar-refractivity contribution in [2.75, 3.05) is 7.11 Å². The first-order valence-corrected chi connectivity index (χ1v) is 10.2. The van der Waals surface area contributed by atoms with E-state index in [1.165, 1.54) is 54.7 Å². The number of furan rings is 1. The number of ether oxygens (including phenoxy) is 1. The fraction of sp³-hybridized carbons (Fsp3) is 0.130. The summed E-state index contributed by atoms with van der Waals surface area (Å²) in [4.78, 5) is 27.1. The molecule has 1 atom stereocenters. The molecule has 1 N–H and O–H groups in total. The zero-order valence-corrected chi connectivity index (χ0v) is 18.2. The van der Waals surface area contributed by atoms with E-state index in [0.29, 0.717) is 5.56 Å². The van der Waals surface area contributed by atoms with E-state index in [9.17, 15) is 19.1 Å². The summed E-state index contributed by atoms with van der Waals surface area (Å²) in [5.41, 5.74) is 0.557. The highest BCUT2D eigenvalue weighted by Crippen LogP contribution is 2.42. The molecule has 2 heterocycles. The van der Waals surface area contributed by atoms with Crippen LogP contribution in [0.5, 0.6) is 5.75 Å². The number of carbonyl (C=O) groups excluding carboxylic acids is 2. The Morgan fingerprint density at radius 3 is 2.38 bits per heavy atom. The van der Waals surface area contributed by atoms with Gasteiger partial charge in [-0.05, 0) is 42.0 Å². The standard InChI is InChI=1S/C23H16Cl2FNO5/c1-31-22-15(24)9-13(10-16(22)25)20(28)18-19(17-3-2-8-32-17)27(23(30)21(18)29)11-12-4-6-14(26)7-5-12/h2-10,19,28H,11H2,1H3/b20-18-. The number of hydrogen-bond acceptors (Lipinski definition) is 5. The summed E-state index contributed by atoms with van der Waals surface area (Å²) in [6.45, 7) is -0.00285. The van der Waals surface area contributed by atoms with Crippen LogP contribution < -0.4 is 4.74 Å². The molecular weight excluding hydrogens is 460 g/mol. The first-order valence-electron chi connectivity index (χ1n) is 9.41. The third kappa shape index (κ3) is 3.85. The number of aliphatic hydroxyl groups is 1. The number of halogens is 3. The number of carbonyl (C=O) groups is 2. The molecule has 6 nitrogen and oxygen atoms in total. The largest absolute Gasteiger partial charge is 0.507 e. The van der Waals surface area contributed by atoms with E-state index in [1.54, 1.807) is 12.1 Å². The molecule has 0 radical (unpaired) electrons. The van der Waals surface area contributed by atoms with Crippen LogP contribution in [-0.2, 0) is 16.1 Å². The minimum atomic E-state index is -1.00. The summed E-state index contributed by atoms with van der Waals surface area (Å²) in [5, 5.41) is 11.3. The number of benzene rings is 2. The molecule has 3 aromatic rings. The van der Waals surface area contributed by atoms with Crippen molar-refractivity contribution in [2.45, 2.75) is 12.6 Å². The molecule has 1 fully saturated rings. The Morgan fingerprint density at radius 2 is 1.81 bits per heavy atom. The van der Waals surface area contributed by atoms with E-state index in [4.69, 9.17) is 32.4 Å². The summed E-state index contributed by atoms with van der Waals surface area (Å²) < 4.78 is 23.9. The van der Waals surface area contributed by atoms with Gasteiger partial charge in [-0.15, -0.1) is 0 Å². The molecule has 0 aliphatic carbocycles. The Kier molecular flexibility index (Phi) is 5.95. The van der Waals surface area contributed by atoms with Gasteiger partial charge >= 0.3 is 0 Å².